The minimum Gasteiger partial charge on any atom is -0.486 e. The Kier molecular flexibility index (Phi) is 9.91. The number of hydrogen-bond acceptors (Lipinski definition) is 6. The molecule has 0 saturated carbocycles. The SMILES string of the molecule is CN(CCCc1cccc2c1OCCO2)CCCC1(c2ccc(F)cc2)OCc2cc(F)ccc21.O=C(O)C(=O)O. The molecule has 1 unspecified atom stereocenters. The van der Waals surface area contributed by atoms with Crippen molar-refractivity contribution >= 4 is 11.9 Å². The summed E-state index contributed by atoms with van der Waals surface area (Å²) < 4.78 is 45.3. The molecule has 2 aliphatic rings. The summed E-state index contributed by atoms with van der Waals surface area (Å²) in [5.41, 5.74) is 3.25. The predicted molar refractivity (Wildman–Crippen MR) is 146 cm³/mol. The summed E-state index contributed by atoms with van der Waals surface area (Å²) in [6, 6.07) is 17.4. The van der Waals surface area contributed by atoms with E-state index >= 15 is 0 Å². The van der Waals surface area contributed by atoms with Crippen molar-refractivity contribution < 1.29 is 42.8 Å². The summed E-state index contributed by atoms with van der Waals surface area (Å²) in [7, 11) is 2.13. The molecule has 0 fully saturated rings. The quantitative estimate of drug-likeness (QED) is 0.347. The number of halogens is 2. The lowest BCUT2D eigenvalue weighted by atomic mass is 9.82. The van der Waals surface area contributed by atoms with Crippen LogP contribution in [0.25, 0.3) is 0 Å². The van der Waals surface area contributed by atoms with Gasteiger partial charge in [0, 0.05) is 0 Å². The van der Waals surface area contributed by atoms with Gasteiger partial charge in [-0.05, 0) is 98.4 Å². The van der Waals surface area contributed by atoms with Crippen LogP contribution in [0, 0.1) is 11.6 Å². The van der Waals surface area contributed by atoms with E-state index in [1.807, 2.05) is 18.2 Å². The molecule has 5 rings (SSSR count). The Hall–Kier alpha value is -4.02. The van der Waals surface area contributed by atoms with E-state index in [1.54, 1.807) is 18.2 Å². The molecule has 2 aliphatic heterocycles. The van der Waals surface area contributed by atoms with Crippen molar-refractivity contribution in [1.82, 2.24) is 4.90 Å². The molecule has 0 aromatic heterocycles. The van der Waals surface area contributed by atoms with Gasteiger partial charge < -0.3 is 29.3 Å². The van der Waals surface area contributed by atoms with E-state index in [0.29, 0.717) is 19.8 Å². The third-order valence-electron chi connectivity index (χ3n) is 7.17. The fourth-order valence-electron chi connectivity index (χ4n) is 5.24. The smallest absolute Gasteiger partial charge is 0.414 e. The first-order valence-electron chi connectivity index (χ1n) is 13.4. The first-order valence-corrected chi connectivity index (χ1v) is 13.4. The topological polar surface area (TPSA) is 106 Å². The first kappa shape index (κ1) is 30.0. The second kappa shape index (κ2) is 13.6. The van der Waals surface area contributed by atoms with Crippen molar-refractivity contribution in [3.05, 3.63) is 94.6 Å². The van der Waals surface area contributed by atoms with Crippen molar-refractivity contribution in [1.29, 1.82) is 0 Å². The molecule has 0 bridgehead atoms. The summed E-state index contributed by atoms with van der Waals surface area (Å²) in [5, 5.41) is 14.8. The maximum atomic E-state index is 13.8. The standard InChI is InChI=1S/C29H31F2NO3.C2H2O4/c1-32(15-3-6-21-5-2-7-27-28(21)34-18-17-33-27)16-4-14-29(23-8-10-24(30)11-9-23)26-13-12-25(31)19-22(26)20-35-29;3-1(4)2(5)6/h2,5,7-13,19H,3-4,6,14-18,20H2,1H3;(H,3,4)(H,5,6). The van der Waals surface area contributed by atoms with Gasteiger partial charge in [-0.1, -0.05) is 30.3 Å². The molecular formula is C31H33F2NO7. The number of carboxylic acid groups (broad SMARTS) is 2. The van der Waals surface area contributed by atoms with Gasteiger partial charge in [0.1, 0.15) is 30.4 Å². The van der Waals surface area contributed by atoms with E-state index < -0.39 is 17.5 Å². The van der Waals surface area contributed by atoms with Gasteiger partial charge in [0.25, 0.3) is 0 Å². The largest absolute Gasteiger partial charge is 0.486 e. The van der Waals surface area contributed by atoms with Crippen LogP contribution in [0.1, 0.15) is 41.5 Å². The van der Waals surface area contributed by atoms with Crippen LogP contribution in [0.2, 0.25) is 0 Å². The van der Waals surface area contributed by atoms with Gasteiger partial charge in [-0.3, -0.25) is 0 Å². The van der Waals surface area contributed by atoms with Crippen LogP contribution in [0.15, 0.2) is 60.7 Å². The van der Waals surface area contributed by atoms with E-state index in [0.717, 1.165) is 67.0 Å². The zero-order valence-corrected chi connectivity index (χ0v) is 22.8. The van der Waals surface area contributed by atoms with E-state index in [9.17, 15) is 8.78 Å². The molecule has 2 N–H and O–H groups in total. The molecule has 0 radical (unpaired) electrons. The first-order chi connectivity index (χ1) is 19.7. The number of carboxylic acids is 2. The summed E-state index contributed by atoms with van der Waals surface area (Å²) in [5.74, 6) is -2.47. The number of carbonyl (C=O) groups is 2. The second-order valence-electron chi connectivity index (χ2n) is 9.99. The average Bonchev–Trinajstić information content (AvgIpc) is 3.32. The average molecular weight is 570 g/mol. The number of ether oxygens (including phenoxy) is 3. The molecular weight excluding hydrogens is 536 g/mol. The zero-order chi connectivity index (χ0) is 29.4. The van der Waals surface area contributed by atoms with Crippen molar-refractivity contribution in [2.45, 2.75) is 37.9 Å². The number of para-hydroxylation sites is 1. The number of fused-ring (bicyclic) bond motifs is 2. The van der Waals surface area contributed by atoms with Crippen molar-refractivity contribution in [2.24, 2.45) is 0 Å². The number of aliphatic carboxylic acids is 2. The minimum absolute atomic E-state index is 0.265. The Morgan fingerprint density at radius 2 is 1.59 bits per heavy atom. The third kappa shape index (κ3) is 7.39. The van der Waals surface area contributed by atoms with Gasteiger partial charge >= 0.3 is 11.9 Å². The van der Waals surface area contributed by atoms with Gasteiger partial charge in [-0.15, -0.1) is 0 Å². The Balaban J connectivity index is 0.000000585. The number of benzene rings is 3. The van der Waals surface area contributed by atoms with Crippen LogP contribution in [0.5, 0.6) is 11.5 Å². The van der Waals surface area contributed by atoms with Crippen molar-refractivity contribution in [2.75, 3.05) is 33.4 Å². The number of hydrogen-bond donors (Lipinski definition) is 2. The van der Waals surface area contributed by atoms with Crippen LogP contribution < -0.4 is 9.47 Å². The Morgan fingerprint density at radius 3 is 2.32 bits per heavy atom. The third-order valence-corrected chi connectivity index (χ3v) is 7.17. The highest BCUT2D eigenvalue weighted by Crippen LogP contribution is 2.45. The lowest BCUT2D eigenvalue weighted by Gasteiger charge is -2.31. The minimum atomic E-state index is -1.82. The van der Waals surface area contributed by atoms with Crippen LogP contribution in [-0.4, -0.2) is 60.4 Å². The fourth-order valence-corrected chi connectivity index (χ4v) is 5.24. The zero-order valence-electron chi connectivity index (χ0n) is 22.8. The van der Waals surface area contributed by atoms with Crippen LogP contribution >= 0.6 is 0 Å². The maximum Gasteiger partial charge on any atom is 0.414 e. The van der Waals surface area contributed by atoms with E-state index in [4.69, 9.17) is 34.0 Å². The van der Waals surface area contributed by atoms with Crippen LogP contribution in [0.4, 0.5) is 8.78 Å². The Bertz CT molecular complexity index is 1350. The molecule has 10 heteroatoms. The summed E-state index contributed by atoms with van der Waals surface area (Å²) in [6.45, 7) is 3.40. The molecule has 0 spiro atoms. The molecule has 0 saturated heterocycles. The second-order valence-corrected chi connectivity index (χ2v) is 9.99. The Morgan fingerprint density at radius 1 is 0.902 bits per heavy atom. The molecule has 218 valence electrons. The molecule has 3 aromatic rings. The summed E-state index contributed by atoms with van der Waals surface area (Å²) in [4.78, 5) is 20.5. The number of aryl methyl sites for hydroxylation is 1. The number of rotatable bonds is 9. The monoisotopic (exact) mass is 569 g/mol. The molecule has 2 heterocycles. The lowest BCUT2D eigenvalue weighted by Crippen LogP contribution is -2.29. The fraction of sp³-hybridized carbons (Fsp3) is 0.355. The summed E-state index contributed by atoms with van der Waals surface area (Å²) in [6.07, 6.45) is 3.57. The molecule has 41 heavy (non-hydrogen) atoms. The predicted octanol–water partition coefficient (Wildman–Crippen LogP) is 5.01. The lowest BCUT2D eigenvalue weighted by molar-refractivity contribution is -0.159. The van der Waals surface area contributed by atoms with Crippen molar-refractivity contribution in [3.63, 3.8) is 0 Å². The van der Waals surface area contributed by atoms with Gasteiger partial charge in [-0.2, -0.15) is 0 Å². The van der Waals surface area contributed by atoms with Gasteiger partial charge in [0.05, 0.1) is 6.61 Å². The van der Waals surface area contributed by atoms with Gasteiger partial charge in [0.15, 0.2) is 11.5 Å². The van der Waals surface area contributed by atoms with Crippen LogP contribution in [-0.2, 0) is 33.0 Å². The van der Waals surface area contributed by atoms with E-state index in [1.165, 1.54) is 23.8 Å². The van der Waals surface area contributed by atoms with Crippen LogP contribution in [0.3, 0.4) is 0 Å². The molecule has 0 amide bonds. The highest BCUT2D eigenvalue weighted by Gasteiger charge is 2.41. The van der Waals surface area contributed by atoms with Gasteiger partial charge in [-0.25, -0.2) is 18.4 Å². The molecule has 0 aliphatic carbocycles. The molecule has 8 nitrogen and oxygen atoms in total. The van der Waals surface area contributed by atoms with E-state index in [-0.39, 0.29) is 11.6 Å². The maximum absolute atomic E-state index is 13.8. The molecule has 1 atom stereocenters. The van der Waals surface area contributed by atoms with Crippen molar-refractivity contribution in [3.8, 4) is 11.5 Å². The highest BCUT2D eigenvalue weighted by atomic mass is 19.1. The Labute approximate surface area is 237 Å². The van der Waals surface area contributed by atoms with Gasteiger partial charge in [0.2, 0.25) is 0 Å². The molecule has 3 aromatic carbocycles. The highest BCUT2D eigenvalue weighted by molar-refractivity contribution is 6.27. The normalized spacial score (nSPS) is 17.0. The number of nitrogens with zero attached hydrogens (tertiary/aromatic N) is 1. The summed E-state index contributed by atoms with van der Waals surface area (Å²) >= 11 is 0. The van der Waals surface area contributed by atoms with E-state index in [2.05, 4.69) is 18.0 Å².